The minimum atomic E-state index is 0.0124. The molecule has 230 valence electrons. The monoisotopic (exact) mass is 629 g/mol. The fourth-order valence-corrected chi connectivity index (χ4v) is 6.98. The molecule has 0 aliphatic carbocycles. The number of fused-ring (bicyclic) bond motifs is 2. The van der Waals surface area contributed by atoms with Gasteiger partial charge in [-0.15, -0.1) is 0 Å². The first kappa shape index (κ1) is 31.7. The van der Waals surface area contributed by atoms with Crippen molar-refractivity contribution in [2.24, 2.45) is 0 Å². The number of likely N-dealkylation sites (tertiary alicyclic amines) is 1. The number of benzene rings is 3. The summed E-state index contributed by atoms with van der Waals surface area (Å²) in [5, 5.41) is 5.41. The van der Waals surface area contributed by atoms with Crippen LogP contribution < -0.4 is 11.1 Å². The number of rotatable bonds is 9. The number of aryl methyl sites for hydroxylation is 1. The molecule has 1 aliphatic heterocycles. The first-order valence-corrected chi connectivity index (χ1v) is 16.4. The number of unbranched alkanes of at least 4 members (excludes halogenated alkanes) is 1. The Kier molecular flexibility index (Phi) is 10.7. The second kappa shape index (κ2) is 14.8. The molecule has 1 atom stereocenters. The topological polar surface area (TPSA) is 93.2 Å². The standard InChI is InChI=1S/C18H24ClN3O.C17H16N2OS/c1-13(23)20-8-10-22-17-7-3-6-16(19)15(17)11-18(22)14-5-4-9-21(2)12-14;18-17-19-15-9-8-14(11-16(15)21-17)13-6-4-12(5-7-13)3-1-2-10-20/h3,6-7,11,14H,4-5,8-10,12H2,1-2H3,(H,20,23);4-11H,1-3H2,(H2,18,19). The Hall–Kier alpha value is -3.72. The van der Waals surface area contributed by atoms with E-state index in [0.717, 1.165) is 58.4 Å². The number of nitrogens with one attached hydrogen (secondary N) is 1. The minimum absolute atomic E-state index is 0.0124. The van der Waals surface area contributed by atoms with Crippen LogP contribution in [-0.2, 0) is 22.6 Å². The van der Waals surface area contributed by atoms with Crippen molar-refractivity contribution in [3.63, 3.8) is 0 Å². The van der Waals surface area contributed by atoms with Crippen molar-refractivity contribution in [2.45, 2.75) is 51.5 Å². The van der Waals surface area contributed by atoms with Gasteiger partial charge in [0.15, 0.2) is 5.13 Å². The second-order valence-electron chi connectivity index (χ2n) is 11.5. The summed E-state index contributed by atoms with van der Waals surface area (Å²) in [5.74, 6) is 0.535. The molecule has 7 nitrogen and oxygen atoms in total. The fraction of sp³-hybridized carbons (Fsp3) is 0.343. The van der Waals surface area contributed by atoms with Crippen LogP contribution in [0.15, 0.2) is 66.7 Å². The predicted octanol–water partition coefficient (Wildman–Crippen LogP) is 7.31. The Labute approximate surface area is 268 Å². The molecule has 6 rings (SSSR count). The summed E-state index contributed by atoms with van der Waals surface area (Å²) >= 11 is 7.91. The molecule has 44 heavy (non-hydrogen) atoms. The Bertz CT molecular complexity index is 1730. The average molecular weight is 630 g/mol. The number of hydrogen-bond acceptors (Lipinski definition) is 6. The van der Waals surface area contributed by atoms with E-state index in [4.69, 9.17) is 17.3 Å². The van der Waals surface area contributed by atoms with Crippen molar-refractivity contribution in [3.05, 3.63) is 83.0 Å². The molecule has 1 saturated heterocycles. The summed E-state index contributed by atoms with van der Waals surface area (Å²) in [5.41, 5.74) is 12.8. The number of anilines is 1. The summed E-state index contributed by atoms with van der Waals surface area (Å²) in [4.78, 5) is 28.2. The van der Waals surface area contributed by atoms with E-state index in [9.17, 15) is 9.59 Å². The van der Waals surface area contributed by atoms with Gasteiger partial charge in [0.25, 0.3) is 0 Å². The van der Waals surface area contributed by atoms with Crippen molar-refractivity contribution in [1.82, 2.24) is 19.8 Å². The first-order valence-electron chi connectivity index (χ1n) is 15.2. The number of aldehydes is 1. The van der Waals surface area contributed by atoms with Gasteiger partial charge in [-0.2, -0.15) is 0 Å². The van der Waals surface area contributed by atoms with E-state index >= 15 is 0 Å². The molecule has 0 bridgehead atoms. The minimum Gasteiger partial charge on any atom is -0.375 e. The quantitative estimate of drug-likeness (QED) is 0.132. The molecule has 5 aromatic rings. The van der Waals surface area contributed by atoms with E-state index in [1.54, 1.807) is 6.92 Å². The lowest BCUT2D eigenvalue weighted by molar-refractivity contribution is -0.119. The summed E-state index contributed by atoms with van der Waals surface area (Å²) in [6.07, 6.45) is 5.90. The number of halogens is 1. The van der Waals surface area contributed by atoms with Gasteiger partial charge in [-0.3, -0.25) is 4.79 Å². The van der Waals surface area contributed by atoms with Crippen molar-refractivity contribution in [3.8, 4) is 11.1 Å². The molecule has 1 unspecified atom stereocenters. The zero-order chi connectivity index (χ0) is 31.1. The smallest absolute Gasteiger partial charge is 0.216 e. The van der Waals surface area contributed by atoms with Crippen molar-refractivity contribution in [2.75, 3.05) is 32.4 Å². The lowest BCUT2D eigenvalue weighted by Crippen LogP contribution is -2.32. The number of thiazole rings is 1. The first-order chi connectivity index (χ1) is 21.3. The second-order valence-corrected chi connectivity index (χ2v) is 12.9. The molecule has 1 amide bonds. The maximum absolute atomic E-state index is 11.2. The molecule has 9 heteroatoms. The maximum atomic E-state index is 11.2. The van der Waals surface area contributed by atoms with Gasteiger partial charge in [0.05, 0.1) is 10.2 Å². The number of likely N-dealkylation sites (N-methyl/N-ethyl adjacent to an activating group) is 1. The van der Waals surface area contributed by atoms with Crippen LogP contribution in [0.2, 0.25) is 5.02 Å². The largest absolute Gasteiger partial charge is 0.375 e. The summed E-state index contributed by atoms with van der Waals surface area (Å²) in [6.45, 7) is 5.22. The molecule has 3 aromatic carbocycles. The SMILES string of the molecule is CC(=O)NCCn1c(C2CCCN(C)C2)cc2c(Cl)cccc21.Nc1nc2ccc(-c3ccc(CCCC=O)cc3)cc2s1. The highest BCUT2D eigenvalue weighted by Crippen LogP contribution is 2.34. The number of amides is 1. The molecular formula is C35H40ClN5O2S. The van der Waals surface area contributed by atoms with Gasteiger partial charge >= 0.3 is 0 Å². The van der Waals surface area contributed by atoms with Crippen molar-refractivity contribution in [1.29, 1.82) is 0 Å². The molecule has 2 aromatic heterocycles. The number of aromatic nitrogens is 2. The Morgan fingerprint density at radius 2 is 1.93 bits per heavy atom. The van der Waals surface area contributed by atoms with Crippen molar-refractivity contribution < 1.29 is 9.59 Å². The lowest BCUT2D eigenvalue weighted by atomic mass is 9.95. The highest BCUT2D eigenvalue weighted by Gasteiger charge is 2.23. The van der Waals surface area contributed by atoms with Crippen LogP contribution in [0.5, 0.6) is 0 Å². The lowest BCUT2D eigenvalue weighted by Gasteiger charge is -2.30. The normalized spacial score (nSPS) is 15.2. The van der Waals surface area contributed by atoms with E-state index in [2.05, 4.69) is 75.3 Å². The number of carbonyl (C=O) groups is 2. The number of nitrogens with two attached hydrogens (primary N) is 1. The zero-order valence-electron chi connectivity index (χ0n) is 25.4. The van der Waals surface area contributed by atoms with Gasteiger partial charge in [0.1, 0.15) is 6.29 Å². The summed E-state index contributed by atoms with van der Waals surface area (Å²) in [6, 6.07) is 23.0. The Morgan fingerprint density at radius 3 is 2.68 bits per heavy atom. The molecule has 1 fully saturated rings. The molecule has 0 radical (unpaired) electrons. The van der Waals surface area contributed by atoms with Gasteiger partial charge in [-0.25, -0.2) is 4.98 Å². The van der Waals surface area contributed by atoms with Crippen LogP contribution >= 0.6 is 22.9 Å². The van der Waals surface area contributed by atoms with Gasteiger partial charge < -0.3 is 25.3 Å². The van der Waals surface area contributed by atoms with Gasteiger partial charge in [-0.05, 0) is 86.3 Å². The van der Waals surface area contributed by atoms with E-state index in [1.807, 2.05) is 18.2 Å². The molecule has 0 saturated carbocycles. The number of nitrogens with zero attached hydrogens (tertiary/aromatic N) is 3. The van der Waals surface area contributed by atoms with Crippen LogP contribution in [0, 0.1) is 0 Å². The molecule has 0 spiro atoms. The van der Waals surface area contributed by atoms with Crippen LogP contribution in [0.1, 0.15) is 49.8 Å². The number of carbonyl (C=O) groups excluding carboxylic acids is 2. The van der Waals surface area contributed by atoms with E-state index < -0.39 is 0 Å². The molecule has 1 aliphatic rings. The third-order valence-electron chi connectivity index (χ3n) is 8.16. The Morgan fingerprint density at radius 1 is 1.14 bits per heavy atom. The fourth-order valence-electron chi connectivity index (χ4n) is 5.98. The third-order valence-corrected chi connectivity index (χ3v) is 9.33. The number of hydrogen-bond donors (Lipinski definition) is 2. The number of nitrogen functional groups attached to an aromatic ring is 1. The summed E-state index contributed by atoms with van der Waals surface area (Å²) < 4.78 is 3.45. The van der Waals surface area contributed by atoms with Crippen LogP contribution in [0.25, 0.3) is 32.2 Å². The molecule has 3 N–H and O–H groups in total. The van der Waals surface area contributed by atoms with Crippen LogP contribution in [-0.4, -0.2) is 53.3 Å². The highest BCUT2D eigenvalue weighted by molar-refractivity contribution is 7.22. The third kappa shape index (κ3) is 7.86. The Balaban J connectivity index is 0.000000175. The zero-order valence-corrected chi connectivity index (χ0v) is 27.0. The highest BCUT2D eigenvalue weighted by atomic mass is 35.5. The molecule has 3 heterocycles. The van der Waals surface area contributed by atoms with Gasteiger partial charge in [0, 0.05) is 60.5 Å². The molecular weight excluding hydrogens is 590 g/mol. The predicted molar refractivity (Wildman–Crippen MR) is 184 cm³/mol. The van der Waals surface area contributed by atoms with E-state index in [-0.39, 0.29) is 5.91 Å². The van der Waals surface area contributed by atoms with Gasteiger partial charge in [0.2, 0.25) is 5.91 Å². The van der Waals surface area contributed by atoms with E-state index in [1.165, 1.54) is 53.1 Å². The average Bonchev–Trinajstić information content (AvgIpc) is 3.58. The van der Waals surface area contributed by atoms with Gasteiger partial charge in [-0.1, -0.05) is 59.3 Å². The maximum Gasteiger partial charge on any atom is 0.216 e. The summed E-state index contributed by atoms with van der Waals surface area (Å²) in [7, 11) is 2.18. The number of piperidine rings is 1. The van der Waals surface area contributed by atoms with Crippen LogP contribution in [0.4, 0.5) is 5.13 Å². The van der Waals surface area contributed by atoms with E-state index in [0.29, 0.717) is 24.0 Å². The van der Waals surface area contributed by atoms with Crippen molar-refractivity contribution >= 4 is 61.4 Å². The van der Waals surface area contributed by atoms with Crippen LogP contribution in [0.3, 0.4) is 0 Å².